The summed E-state index contributed by atoms with van der Waals surface area (Å²) in [6.07, 6.45) is 2.85. The van der Waals surface area contributed by atoms with E-state index in [1.54, 1.807) is 16.4 Å². The van der Waals surface area contributed by atoms with Gasteiger partial charge >= 0.3 is 5.97 Å². The Bertz CT molecular complexity index is 1020. The first-order chi connectivity index (χ1) is 13.8. The average molecular weight is 405 g/mol. The lowest BCUT2D eigenvalue weighted by Gasteiger charge is -2.23. The molecule has 2 aromatic rings. The minimum absolute atomic E-state index is 0.0284. The molecule has 4 rings (SSSR count). The molecule has 10 heteroatoms. The highest BCUT2D eigenvalue weighted by Crippen LogP contribution is 2.37. The molecule has 3 unspecified atom stereocenters. The largest absolute Gasteiger partial charge is 0.477 e. The summed E-state index contributed by atoms with van der Waals surface area (Å²) in [5.41, 5.74) is 4.86. The van der Waals surface area contributed by atoms with Crippen molar-refractivity contribution in [3.05, 3.63) is 33.9 Å². The zero-order valence-electron chi connectivity index (χ0n) is 16.0. The van der Waals surface area contributed by atoms with Gasteiger partial charge in [-0.2, -0.15) is 0 Å². The topological polar surface area (TPSA) is 134 Å². The Balaban J connectivity index is 1.71. The third-order valence-electron chi connectivity index (χ3n) is 5.50. The molecule has 2 aliphatic rings. The molecule has 29 heavy (non-hydrogen) atoms. The van der Waals surface area contributed by atoms with Gasteiger partial charge in [0, 0.05) is 37.4 Å². The van der Waals surface area contributed by atoms with Crippen LogP contribution >= 0.6 is 0 Å². The van der Waals surface area contributed by atoms with Gasteiger partial charge in [-0.3, -0.25) is 10.1 Å². The molecule has 5 N–H and O–H groups in total. The van der Waals surface area contributed by atoms with E-state index in [4.69, 9.17) is 5.73 Å². The number of carboxylic acid groups (broad SMARTS) is 1. The van der Waals surface area contributed by atoms with E-state index in [-0.39, 0.29) is 28.9 Å². The van der Waals surface area contributed by atoms with Crippen LogP contribution in [0.4, 0.5) is 10.2 Å². The molecular formula is C19H24FN5O4. The van der Waals surface area contributed by atoms with Crippen molar-refractivity contribution >= 4 is 22.8 Å². The van der Waals surface area contributed by atoms with Crippen molar-refractivity contribution in [1.29, 1.82) is 0 Å². The average Bonchev–Trinajstić information content (AvgIpc) is 3.40. The summed E-state index contributed by atoms with van der Waals surface area (Å²) in [6.45, 7) is 2.65. The van der Waals surface area contributed by atoms with Crippen molar-refractivity contribution in [3.8, 4) is 0 Å². The molecule has 0 bridgehead atoms. The number of carboxylic acids is 1. The van der Waals surface area contributed by atoms with Gasteiger partial charge in [-0.1, -0.05) is 0 Å². The molecule has 9 nitrogen and oxygen atoms in total. The van der Waals surface area contributed by atoms with Crippen LogP contribution in [0.5, 0.6) is 0 Å². The summed E-state index contributed by atoms with van der Waals surface area (Å²) >= 11 is 0. The van der Waals surface area contributed by atoms with E-state index >= 15 is 0 Å². The molecule has 156 valence electrons. The molecular weight excluding hydrogens is 381 g/mol. The van der Waals surface area contributed by atoms with Gasteiger partial charge in [-0.05, 0) is 32.3 Å². The number of nitrogens with zero attached hydrogens (tertiary/aromatic N) is 3. The van der Waals surface area contributed by atoms with Crippen molar-refractivity contribution in [2.45, 2.75) is 50.5 Å². The maximum absolute atomic E-state index is 14.9. The fraction of sp³-hybridized carbons (Fsp3) is 0.526. The van der Waals surface area contributed by atoms with Gasteiger partial charge in [0.05, 0.1) is 5.39 Å². The third-order valence-corrected chi connectivity index (χ3v) is 5.50. The number of nitrogens with two attached hydrogens (primary N) is 1. The van der Waals surface area contributed by atoms with Gasteiger partial charge in [0.25, 0.3) is 0 Å². The fourth-order valence-corrected chi connectivity index (χ4v) is 3.72. The van der Waals surface area contributed by atoms with Crippen molar-refractivity contribution < 1.29 is 19.4 Å². The van der Waals surface area contributed by atoms with Crippen LogP contribution in [0, 0.1) is 5.82 Å². The molecule has 1 aliphatic heterocycles. The number of nitrogens with one attached hydrogen (secondary N) is 1. The van der Waals surface area contributed by atoms with E-state index in [1.165, 1.54) is 6.20 Å². The Morgan fingerprint density at radius 1 is 1.41 bits per heavy atom. The first kappa shape index (κ1) is 19.7. The number of hydrogen-bond acceptors (Lipinski definition) is 7. The summed E-state index contributed by atoms with van der Waals surface area (Å²) in [5, 5.41) is 22.2. The Morgan fingerprint density at radius 2 is 2.14 bits per heavy atom. The van der Waals surface area contributed by atoms with E-state index in [0.29, 0.717) is 25.2 Å². The number of aromatic carboxylic acids is 1. The normalized spacial score (nSPS) is 21.5. The highest BCUT2D eigenvalue weighted by atomic mass is 19.1. The molecule has 3 atom stereocenters. The SMILES string of the molecule is CC(N)C(O)NC1CCN(c2nc3c(cc2F)c(=O)c(C(=O)O)cn3C2CC2)C1. The summed E-state index contributed by atoms with van der Waals surface area (Å²) in [5.74, 6) is -1.89. The number of halogens is 1. The van der Waals surface area contributed by atoms with Crippen molar-refractivity contribution in [2.75, 3.05) is 18.0 Å². The molecule has 0 radical (unpaired) electrons. The monoisotopic (exact) mass is 405 g/mol. The predicted octanol–water partition coefficient (Wildman–Crippen LogP) is 0.403. The molecule has 2 aromatic heterocycles. The smallest absolute Gasteiger partial charge is 0.341 e. The van der Waals surface area contributed by atoms with E-state index < -0.39 is 29.5 Å². The highest BCUT2D eigenvalue weighted by molar-refractivity contribution is 5.92. The van der Waals surface area contributed by atoms with Gasteiger partial charge in [0.1, 0.15) is 17.4 Å². The Hall–Kier alpha value is -2.56. The second kappa shape index (κ2) is 7.36. The van der Waals surface area contributed by atoms with Gasteiger partial charge < -0.3 is 25.4 Å². The summed E-state index contributed by atoms with van der Waals surface area (Å²) in [4.78, 5) is 30.1. The predicted molar refractivity (Wildman–Crippen MR) is 105 cm³/mol. The van der Waals surface area contributed by atoms with Crippen LogP contribution < -0.4 is 21.4 Å². The van der Waals surface area contributed by atoms with Crippen molar-refractivity contribution in [1.82, 2.24) is 14.9 Å². The summed E-state index contributed by atoms with van der Waals surface area (Å²) in [7, 11) is 0. The zero-order valence-corrected chi connectivity index (χ0v) is 16.0. The van der Waals surface area contributed by atoms with Crippen LogP contribution in [0.2, 0.25) is 0 Å². The van der Waals surface area contributed by atoms with Crippen LogP contribution in [0.1, 0.15) is 42.6 Å². The second-order valence-corrected chi connectivity index (χ2v) is 7.88. The number of anilines is 1. The minimum atomic E-state index is -1.34. The Morgan fingerprint density at radius 3 is 2.76 bits per heavy atom. The number of hydrogen-bond donors (Lipinski definition) is 4. The number of fused-ring (bicyclic) bond motifs is 1. The van der Waals surface area contributed by atoms with E-state index in [2.05, 4.69) is 10.3 Å². The van der Waals surface area contributed by atoms with Crippen LogP contribution in [0.3, 0.4) is 0 Å². The molecule has 0 aromatic carbocycles. The lowest BCUT2D eigenvalue weighted by molar-refractivity contribution is 0.0694. The molecule has 0 amide bonds. The summed E-state index contributed by atoms with van der Waals surface area (Å²) in [6, 6.07) is 0.642. The summed E-state index contributed by atoms with van der Waals surface area (Å²) < 4.78 is 16.5. The lowest BCUT2D eigenvalue weighted by Crippen LogP contribution is -2.48. The van der Waals surface area contributed by atoms with Gasteiger partial charge in [-0.25, -0.2) is 14.2 Å². The number of aliphatic hydroxyl groups excluding tert-OH is 1. The maximum atomic E-state index is 14.9. The third kappa shape index (κ3) is 3.70. The molecule has 2 fully saturated rings. The van der Waals surface area contributed by atoms with Gasteiger partial charge in [0.15, 0.2) is 11.6 Å². The number of pyridine rings is 2. The maximum Gasteiger partial charge on any atom is 0.341 e. The molecule has 3 heterocycles. The quantitative estimate of drug-likeness (QED) is 0.508. The molecule has 1 saturated carbocycles. The van der Waals surface area contributed by atoms with Crippen molar-refractivity contribution in [2.24, 2.45) is 5.73 Å². The Labute approximate surface area is 165 Å². The van der Waals surface area contributed by atoms with Crippen LogP contribution in [0.25, 0.3) is 11.0 Å². The standard InChI is InChI=1S/C19H24FN5O4/c1-9(21)18(27)22-10-4-5-24(7-10)17-14(20)6-12-15(26)13(19(28)29)8-25(11-2-3-11)16(12)23-17/h6,8-11,18,22,27H,2-5,7,21H2,1H3,(H,28,29). The first-order valence-corrected chi connectivity index (χ1v) is 9.69. The number of rotatable bonds is 6. The lowest BCUT2D eigenvalue weighted by atomic mass is 10.2. The van der Waals surface area contributed by atoms with Crippen LogP contribution in [0.15, 0.2) is 17.1 Å². The number of aliphatic hydroxyl groups is 1. The van der Waals surface area contributed by atoms with E-state index in [0.717, 1.165) is 18.9 Å². The van der Waals surface area contributed by atoms with Crippen molar-refractivity contribution in [3.63, 3.8) is 0 Å². The van der Waals surface area contributed by atoms with Gasteiger partial charge in [0.2, 0.25) is 5.43 Å². The minimum Gasteiger partial charge on any atom is -0.477 e. The fourth-order valence-electron chi connectivity index (χ4n) is 3.72. The first-order valence-electron chi connectivity index (χ1n) is 9.69. The van der Waals surface area contributed by atoms with E-state index in [9.17, 15) is 24.2 Å². The van der Waals surface area contributed by atoms with E-state index in [1.807, 2.05) is 0 Å². The zero-order chi connectivity index (χ0) is 20.9. The van der Waals surface area contributed by atoms with Gasteiger partial charge in [-0.15, -0.1) is 0 Å². The molecule has 1 saturated heterocycles. The van der Waals surface area contributed by atoms with Crippen LogP contribution in [-0.2, 0) is 0 Å². The molecule has 1 aliphatic carbocycles. The highest BCUT2D eigenvalue weighted by Gasteiger charge is 2.31. The number of carbonyl (C=O) groups is 1. The Kier molecular flexibility index (Phi) is 5.01. The second-order valence-electron chi connectivity index (χ2n) is 7.88. The number of aromatic nitrogens is 2. The van der Waals surface area contributed by atoms with Crippen LogP contribution in [-0.4, -0.2) is 57.1 Å². The molecule has 0 spiro atoms.